The molecule has 1 amide bonds. The zero-order chi connectivity index (χ0) is 22.6. The van der Waals surface area contributed by atoms with Crippen molar-refractivity contribution >= 4 is 44.6 Å². The van der Waals surface area contributed by atoms with Gasteiger partial charge in [0.25, 0.3) is 0 Å². The number of carbonyl (C=O) groups excluding carboxylic acids is 1. The van der Waals surface area contributed by atoms with Crippen LogP contribution in [0, 0.1) is 6.92 Å². The number of hydrogen-bond donors (Lipinski definition) is 1. The second-order valence-electron chi connectivity index (χ2n) is 6.61. The average molecular weight is 480 g/mol. The summed E-state index contributed by atoms with van der Waals surface area (Å²) in [5.74, 6) is -0.0757. The van der Waals surface area contributed by atoms with E-state index < -0.39 is 15.9 Å². The highest BCUT2D eigenvalue weighted by Gasteiger charge is 2.26. The van der Waals surface area contributed by atoms with Crippen LogP contribution in [0.25, 0.3) is 11.3 Å². The normalized spacial score (nSPS) is 11.5. The number of rotatable bonds is 8. The number of carbonyl (C=O) groups is 1. The molecular weight excluding hydrogens is 458 g/mol. The van der Waals surface area contributed by atoms with Crippen LogP contribution in [0.4, 0.5) is 5.69 Å². The lowest BCUT2D eigenvalue weighted by atomic mass is 10.1. The van der Waals surface area contributed by atoms with Gasteiger partial charge in [-0.05, 0) is 37.3 Å². The number of likely N-dealkylation sites (N-methyl/N-ethyl adjacent to an activating group) is 1. The molecule has 3 rings (SSSR count). The lowest BCUT2D eigenvalue weighted by molar-refractivity contribution is -0.116. The van der Waals surface area contributed by atoms with Crippen molar-refractivity contribution in [1.29, 1.82) is 0 Å². The van der Waals surface area contributed by atoms with Crippen LogP contribution in [0.2, 0.25) is 5.02 Å². The topological polar surface area (TPSA) is 88.6 Å². The van der Waals surface area contributed by atoms with Crippen LogP contribution in [0.15, 0.2) is 52.7 Å². The fraction of sp³-hybridized carbons (Fsp3) is 0.238. The number of aromatic nitrogens is 1. The minimum atomic E-state index is -3.91. The van der Waals surface area contributed by atoms with Crippen molar-refractivity contribution in [3.8, 4) is 17.0 Å². The minimum absolute atomic E-state index is 0.00570. The summed E-state index contributed by atoms with van der Waals surface area (Å²) in [7, 11) is -2.46. The number of thiazole rings is 1. The van der Waals surface area contributed by atoms with Gasteiger partial charge < -0.3 is 10.1 Å². The van der Waals surface area contributed by atoms with Crippen LogP contribution in [-0.4, -0.2) is 43.8 Å². The third-order valence-electron chi connectivity index (χ3n) is 4.49. The summed E-state index contributed by atoms with van der Waals surface area (Å²) in [6, 6.07) is 11.5. The molecule has 1 heterocycles. The summed E-state index contributed by atoms with van der Waals surface area (Å²) in [5, 5.41) is 5.84. The lowest BCUT2D eigenvalue weighted by Gasteiger charge is -2.20. The predicted molar refractivity (Wildman–Crippen MR) is 123 cm³/mol. The second-order valence-corrected chi connectivity index (χ2v) is 10.0. The maximum Gasteiger partial charge on any atom is 0.243 e. The molecule has 0 aliphatic rings. The monoisotopic (exact) mass is 479 g/mol. The number of amides is 1. The maximum atomic E-state index is 13.0. The molecular formula is C21H22ClN3O4S2. The van der Waals surface area contributed by atoms with Gasteiger partial charge in [0, 0.05) is 23.2 Å². The number of nitrogens with one attached hydrogen (secondary N) is 1. The van der Waals surface area contributed by atoms with E-state index in [1.54, 1.807) is 30.4 Å². The van der Waals surface area contributed by atoms with Crippen molar-refractivity contribution in [2.24, 2.45) is 0 Å². The van der Waals surface area contributed by atoms with Gasteiger partial charge in [0.15, 0.2) is 0 Å². The first-order valence-electron chi connectivity index (χ1n) is 9.40. The fourth-order valence-corrected chi connectivity index (χ4v) is 5.31. The van der Waals surface area contributed by atoms with Crippen molar-refractivity contribution in [1.82, 2.24) is 9.29 Å². The van der Waals surface area contributed by atoms with Gasteiger partial charge in [-0.1, -0.05) is 30.7 Å². The molecule has 0 saturated carbocycles. The molecule has 7 nitrogen and oxygen atoms in total. The molecule has 0 spiro atoms. The summed E-state index contributed by atoms with van der Waals surface area (Å²) in [6.45, 7) is 3.39. The number of halogens is 1. The molecule has 0 aliphatic heterocycles. The summed E-state index contributed by atoms with van der Waals surface area (Å²) < 4.78 is 32.1. The Bertz CT molecular complexity index is 1190. The molecule has 1 aromatic heterocycles. The summed E-state index contributed by atoms with van der Waals surface area (Å²) in [4.78, 5) is 17.0. The number of hydrogen-bond acceptors (Lipinski definition) is 6. The van der Waals surface area contributed by atoms with Gasteiger partial charge in [0.2, 0.25) is 15.9 Å². The highest BCUT2D eigenvalue weighted by molar-refractivity contribution is 7.89. The molecule has 164 valence electrons. The highest BCUT2D eigenvalue weighted by Crippen LogP contribution is 2.28. The smallest absolute Gasteiger partial charge is 0.243 e. The van der Waals surface area contributed by atoms with E-state index in [4.69, 9.17) is 16.3 Å². The molecule has 0 aliphatic carbocycles. The molecule has 0 atom stereocenters. The number of benzene rings is 2. The van der Waals surface area contributed by atoms with Crippen molar-refractivity contribution in [3.63, 3.8) is 0 Å². The number of aryl methyl sites for hydroxylation is 1. The van der Waals surface area contributed by atoms with Crippen LogP contribution in [-0.2, 0) is 14.8 Å². The van der Waals surface area contributed by atoms with E-state index >= 15 is 0 Å². The Morgan fingerprint density at radius 2 is 2.03 bits per heavy atom. The van der Waals surface area contributed by atoms with Crippen molar-refractivity contribution < 1.29 is 17.9 Å². The van der Waals surface area contributed by atoms with Crippen LogP contribution in [0.5, 0.6) is 5.75 Å². The predicted octanol–water partition coefficient (Wildman–Crippen LogP) is 4.43. The molecule has 0 saturated heterocycles. The zero-order valence-electron chi connectivity index (χ0n) is 17.3. The van der Waals surface area contributed by atoms with Gasteiger partial charge in [0.05, 0.1) is 34.3 Å². The van der Waals surface area contributed by atoms with Gasteiger partial charge in [-0.25, -0.2) is 13.4 Å². The molecule has 2 aromatic carbocycles. The largest absolute Gasteiger partial charge is 0.495 e. The van der Waals surface area contributed by atoms with Crippen molar-refractivity contribution in [3.05, 3.63) is 57.9 Å². The van der Waals surface area contributed by atoms with Gasteiger partial charge in [-0.15, -0.1) is 11.3 Å². The van der Waals surface area contributed by atoms with E-state index in [0.29, 0.717) is 11.4 Å². The maximum absolute atomic E-state index is 13.0. The first-order chi connectivity index (χ1) is 14.7. The van der Waals surface area contributed by atoms with Gasteiger partial charge in [-0.2, -0.15) is 4.31 Å². The SMILES string of the molecule is CCN(CC(=O)Nc1cccc(-c2csc(C)n2)c1)S(=O)(=O)c1ccc(OC)c(Cl)c1. The first kappa shape index (κ1) is 23.2. The van der Waals surface area contributed by atoms with Crippen LogP contribution in [0.1, 0.15) is 11.9 Å². The van der Waals surface area contributed by atoms with Crippen LogP contribution >= 0.6 is 22.9 Å². The van der Waals surface area contributed by atoms with Crippen LogP contribution in [0.3, 0.4) is 0 Å². The van der Waals surface area contributed by atoms with Gasteiger partial charge in [-0.3, -0.25) is 4.79 Å². The van der Waals surface area contributed by atoms with Gasteiger partial charge in [0.1, 0.15) is 5.75 Å². The Labute approximate surface area is 190 Å². The second kappa shape index (κ2) is 9.78. The minimum Gasteiger partial charge on any atom is -0.495 e. The number of ether oxygens (including phenoxy) is 1. The zero-order valence-corrected chi connectivity index (χ0v) is 19.6. The Balaban J connectivity index is 1.75. The Morgan fingerprint density at radius 3 is 2.65 bits per heavy atom. The molecule has 0 radical (unpaired) electrons. The van der Waals surface area contributed by atoms with E-state index in [9.17, 15) is 13.2 Å². The van der Waals surface area contributed by atoms with E-state index in [0.717, 1.165) is 20.6 Å². The van der Waals surface area contributed by atoms with Crippen LogP contribution < -0.4 is 10.1 Å². The average Bonchev–Trinajstić information content (AvgIpc) is 3.18. The molecule has 31 heavy (non-hydrogen) atoms. The molecule has 1 N–H and O–H groups in total. The first-order valence-corrected chi connectivity index (χ1v) is 12.1. The fourth-order valence-electron chi connectivity index (χ4n) is 2.94. The molecule has 0 unspecified atom stereocenters. The third kappa shape index (κ3) is 5.43. The Kier molecular flexibility index (Phi) is 7.32. The van der Waals surface area contributed by atoms with E-state index in [-0.39, 0.29) is 23.0 Å². The Hall–Kier alpha value is -2.46. The quantitative estimate of drug-likeness (QED) is 0.516. The lowest BCUT2D eigenvalue weighted by Crippen LogP contribution is -2.37. The summed E-state index contributed by atoms with van der Waals surface area (Å²) in [6.07, 6.45) is 0. The summed E-state index contributed by atoms with van der Waals surface area (Å²) in [5.41, 5.74) is 2.26. The number of methoxy groups -OCH3 is 1. The number of anilines is 1. The molecule has 0 fully saturated rings. The van der Waals surface area contributed by atoms with E-state index in [1.807, 2.05) is 24.4 Å². The highest BCUT2D eigenvalue weighted by atomic mass is 35.5. The molecule has 3 aromatic rings. The summed E-state index contributed by atoms with van der Waals surface area (Å²) >= 11 is 7.62. The molecule has 0 bridgehead atoms. The van der Waals surface area contributed by atoms with E-state index in [1.165, 1.54) is 25.3 Å². The van der Waals surface area contributed by atoms with Gasteiger partial charge >= 0.3 is 0 Å². The van der Waals surface area contributed by atoms with Crippen molar-refractivity contribution in [2.75, 3.05) is 25.5 Å². The number of nitrogens with zero attached hydrogens (tertiary/aromatic N) is 2. The third-order valence-corrected chi connectivity index (χ3v) is 7.48. The number of sulfonamides is 1. The molecule has 10 heteroatoms. The Morgan fingerprint density at radius 1 is 1.26 bits per heavy atom. The standard InChI is InChI=1S/C21H22ClN3O4S2/c1-4-25(31(27,28)17-8-9-20(29-3)18(22)11-17)12-21(26)24-16-7-5-6-15(10-16)19-13-30-14(2)23-19/h5-11,13H,4,12H2,1-3H3,(H,24,26). The van der Waals surface area contributed by atoms with Crippen molar-refractivity contribution in [2.45, 2.75) is 18.7 Å². The van der Waals surface area contributed by atoms with E-state index in [2.05, 4.69) is 10.3 Å².